The predicted octanol–water partition coefficient (Wildman–Crippen LogP) is 4.51. The molecule has 0 aliphatic carbocycles. The molecule has 28 heavy (non-hydrogen) atoms. The topological polar surface area (TPSA) is 23.6 Å². The number of hydrogen-bond acceptors (Lipinski definition) is 4. The molecule has 0 amide bonds. The van der Waals surface area contributed by atoms with Gasteiger partial charge in [0.1, 0.15) is 5.82 Å². The highest BCUT2D eigenvalue weighted by Crippen LogP contribution is 2.18. The number of aryl methyl sites for hydroxylation is 1. The van der Waals surface area contributed by atoms with Crippen molar-refractivity contribution in [3.8, 4) is 0 Å². The van der Waals surface area contributed by atoms with Crippen molar-refractivity contribution in [3.63, 3.8) is 0 Å². The Balaban J connectivity index is 1.28. The molecule has 0 atom stereocenters. The van der Waals surface area contributed by atoms with Crippen LogP contribution in [0.25, 0.3) is 0 Å². The summed E-state index contributed by atoms with van der Waals surface area (Å²) in [7, 11) is 0. The van der Waals surface area contributed by atoms with Crippen LogP contribution in [-0.2, 0) is 0 Å². The molecule has 1 saturated heterocycles. The van der Waals surface area contributed by atoms with Crippen molar-refractivity contribution in [2.75, 3.05) is 45.0 Å². The SMILES string of the molecule is Cc1ccc(SCCN2CCN(CCCC(=O)c3ccc(F)cc3)CC2)cc1. The molecule has 5 heteroatoms. The molecule has 3 rings (SSSR count). The summed E-state index contributed by atoms with van der Waals surface area (Å²) in [5, 5.41) is 0. The second kappa shape index (κ2) is 10.7. The van der Waals surface area contributed by atoms with E-state index in [-0.39, 0.29) is 11.6 Å². The van der Waals surface area contributed by atoms with Crippen LogP contribution in [0.5, 0.6) is 0 Å². The zero-order chi connectivity index (χ0) is 19.8. The summed E-state index contributed by atoms with van der Waals surface area (Å²) < 4.78 is 12.9. The molecule has 150 valence electrons. The normalized spacial score (nSPS) is 15.6. The Bertz CT molecular complexity index is 740. The van der Waals surface area contributed by atoms with E-state index in [0.29, 0.717) is 12.0 Å². The number of carbonyl (C=O) groups excluding carboxylic acids is 1. The van der Waals surface area contributed by atoms with Crippen LogP contribution >= 0.6 is 11.8 Å². The third-order valence-corrected chi connectivity index (χ3v) is 6.20. The highest BCUT2D eigenvalue weighted by atomic mass is 32.2. The Morgan fingerprint density at radius 3 is 2.18 bits per heavy atom. The zero-order valence-electron chi connectivity index (χ0n) is 16.6. The lowest BCUT2D eigenvalue weighted by Crippen LogP contribution is -2.47. The van der Waals surface area contributed by atoms with Gasteiger partial charge in [0, 0.05) is 55.4 Å². The van der Waals surface area contributed by atoms with Crippen molar-refractivity contribution in [1.82, 2.24) is 9.80 Å². The quantitative estimate of drug-likeness (QED) is 0.457. The number of carbonyl (C=O) groups is 1. The Morgan fingerprint density at radius 2 is 1.54 bits per heavy atom. The smallest absolute Gasteiger partial charge is 0.162 e. The number of hydrogen-bond donors (Lipinski definition) is 0. The fraction of sp³-hybridized carbons (Fsp3) is 0.435. The van der Waals surface area contributed by atoms with Crippen LogP contribution in [0, 0.1) is 12.7 Å². The second-order valence-corrected chi connectivity index (χ2v) is 8.55. The number of nitrogens with zero attached hydrogens (tertiary/aromatic N) is 2. The van der Waals surface area contributed by atoms with E-state index in [1.807, 2.05) is 11.8 Å². The molecule has 1 heterocycles. The largest absolute Gasteiger partial charge is 0.301 e. The van der Waals surface area contributed by atoms with E-state index in [4.69, 9.17) is 0 Å². The molecule has 1 fully saturated rings. The van der Waals surface area contributed by atoms with Gasteiger partial charge in [-0.05, 0) is 56.3 Å². The first-order valence-corrected chi connectivity index (χ1v) is 11.0. The van der Waals surface area contributed by atoms with Gasteiger partial charge in [0.15, 0.2) is 5.78 Å². The Kier molecular flexibility index (Phi) is 8.07. The maximum Gasteiger partial charge on any atom is 0.162 e. The summed E-state index contributed by atoms with van der Waals surface area (Å²) in [6, 6.07) is 14.6. The van der Waals surface area contributed by atoms with Gasteiger partial charge < -0.3 is 4.90 Å². The summed E-state index contributed by atoms with van der Waals surface area (Å²) in [4.78, 5) is 18.5. The van der Waals surface area contributed by atoms with E-state index in [2.05, 4.69) is 41.0 Å². The summed E-state index contributed by atoms with van der Waals surface area (Å²) in [5.41, 5.74) is 1.91. The number of rotatable bonds is 9. The minimum absolute atomic E-state index is 0.103. The summed E-state index contributed by atoms with van der Waals surface area (Å²) in [6.45, 7) is 8.53. The number of thioether (sulfide) groups is 1. The first kappa shape index (κ1) is 21.0. The van der Waals surface area contributed by atoms with Crippen molar-refractivity contribution in [3.05, 3.63) is 65.5 Å². The average molecular weight is 401 g/mol. The molecule has 2 aromatic rings. The van der Waals surface area contributed by atoms with Crippen molar-refractivity contribution in [2.45, 2.75) is 24.7 Å². The molecule has 0 N–H and O–H groups in total. The molecule has 0 spiro atoms. The van der Waals surface area contributed by atoms with Gasteiger partial charge in [-0.25, -0.2) is 4.39 Å². The molecule has 3 nitrogen and oxygen atoms in total. The molecule has 0 radical (unpaired) electrons. The van der Waals surface area contributed by atoms with Gasteiger partial charge in [0.2, 0.25) is 0 Å². The monoisotopic (exact) mass is 400 g/mol. The van der Waals surface area contributed by atoms with Gasteiger partial charge >= 0.3 is 0 Å². The molecule has 1 aliphatic heterocycles. The number of benzene rings is 2. The predicted molar refractivity (Wildman–Crippen MR) is 115 cm³/mol. The molecular weight excluding hydrogens is 371 g/mol. The van der Waals surface area contributed by atoms with E-state index < -0.39 is 0 Å². The van der Waals surface area contributed by atoms with Gasteiger partial charge in [-0.2, -0.15) is 0 Å². The number of halogens is 1. The molecule has 2 aromatic carbocycles. The molecule has 0 bridgehead atoms. The van der Waals surface area contributed by atoms with Crippen LogP contribution in [0.1, 0.15) is 28.8 Å². The zero-order valence-corrected chi connectivity index (χ0v) is 17.4. The van der Waals surface area contributed by atoms with Gasteiger partial charge in [-0.3, -0.25) is 9.69 Å². The highest BCUT2D eigenvalue weighted by molar-refractivity contribution is 7.99. The van der Waals surface area contributed by atoms with Crippen LogP contribution in [0.3, 0.4) is 0 Å². The first-order valence-electron chi connectivity index (χ1n) is 10.0. The number of piperazine rings is 1. The van der Waals surface area contributed by atoms with Crippen molar-refractivity contribution in [1.29, 1.82) is 0 Å². The minimum Gasteiger partial charge on any atom is -0.301 e. The minimum atomic E-state index is -0.299. The molecule has 0 aromatic heterocycles. The average Bonchev–Trinajstić information content (AvgIpc) is 2.71. The fourth-order valence-corrected chi connectivity index (χ4v) is 4.32. The van der Waals surface area contributed by atoms with Crippen molar-refractivity contribution < 1.29 is 9.18 Å². The lowest BCUT2D eigenvalue weighted by Gasteiger charge is -2.34. The van der Waals surface area contributed by atoms with E-state index >= 15 is 0 Å². The van der Waals surface area contributed by atoms with Gasteiger partial charge in [-0.15, -0.1) is 11.8 Å². The lowest BCUT2D eigenvalue weighted by molar-refractivity contribution is 0.0964. The number of Topliss-reactive ketones (excluding diaryl/α,β-unsaturated/α-hetero) is 1. The van der Waals surface area contributed by atoms with Gasteiger partial charge in [0.05, 0.1) is 0 Å². The fourth-order valence-electron chi connectivity index (χ4n) is 3.41. The maximum atomic E-state index is 12.9. The van der Waals surface area contributed by atoms with Crippen LogP contribution in [-0.4, -0.2) is 60.6 Å². The van der Waals surface area contributed by atoms with Crippen LogP contribution in [0.2, 0.25) is 0 Å². The third-order valence-electron chi connectivity index (χ3n) is 5.21. The van der Waals surface area contributed by atoms with Crippen LogP contribution < -0.4 is 0 Å². The van der Waals surface area contributed by atoms with E-state index in [0.717, 1.165) is 51.4 Å². The molecule has 0 unspecified atom stereocenters. The summed E-state index contributed by atoms with van der Waals surface area (Å²) in [5.74, 6) is 0.924. The molecule has 0 saturated carbocycles. The standard InChI is InChI=1S/C23H29FN2OS/c1-19-4-10-22(11-5-19)28-18-17-26-15-13-25(14-16-26)12-2-3-23(27)20-6-8-21(24)9-7-20/h4-11H,2-3,12-18H2,1H3. The molecule has 1 aliphatic rings. The van der Waals surface area contributed by atoms with E-state index in [1.165, 1.54) is 22.6 Å². The Hall–Kier alpha value is -1.69. The Labute approximate surface area is 171 Å². The van der Waals surface area contributed by atoms with E-state index in [9.17, 15) is 9.18 Å². The maximum absolute atomic E-state index is 12.9. The number of ketones is 1. The van der Waals surface area contributed by atoms with Gasteiger partial charge in [0.25, 0.3) is 0 Å². The van der Waals surface area contributed by atoms with Crippen molar-refractivity contribution in [2.24, 2.45) is 0 Å². The van der Waals surface area contributed by atoms with E-state index in [1.54, 1.807) is 12.1 Å². The van der Waals surface area contributed by atoms with Gasteiger partial charge in [-0.1, -0.05) is 17.7 Å². The van der Waals surface area contributed by atoms with Crippen molar-refractivity contribution >= 4 is 17.5 Å². The van der Waals surface area contributed by atoms with Crippen LogP contribution in [0.15, 0.2) is 53.4 Å². The summed E-state index contributed by atoms with van der Waals surface area (Å²) >= 11 is 1.92. The molecular formula is C23H29FN2OS. The first-order chi connectivity index (χ1) is 13.6. The Morgan fingerprint density at radius 1 is 0.929 bits per heavy atom. The highest BCUT2D eigenvalue weighted by Gasteiger charge is 2.16. The lowest BCUT2D eigenvalue weighted by atomic mass is 10.1. The summed E-state index contributed by atoms with van der Waals surface area (Å²) in [6.07, 6.45) is 1.39. The second-order valence-electron chi connectivity index (χ2n) is 7.38. The van der Waals surface area contributed by atoms with Crippen LogP contribution in [0.4, 0.5) is 4.39 Å². The third kappa shape index (κ3) is 6.73.